The van der Waals surface area contributed by atoms with Crippen molar-refractivity contribution in [2.24, 2.45) is 0 Å². The number of carbonyl (C=O) groups excluding carboxylic acids is 1. The molecule has 0 radical (unpaired) electrons. The molecular formula is C12H10BrF4NO2. The van der Waals surface area contributed by atoms with Crippen molar-refractivity contribution in [3.63, 3.8) is 0 Å². The molecule has 0 bridgehead atoms. The molecule has 1 amide bonds. The molecule has 110 valence electrons. The molecule has 1 aromatic carbocycles. The highest BCUT2D eigenvalue weighted by atomic mass is 79.9. The first kappa shape index (κ1) is 15.1. The van der Waals surface area contributed by atoms with Gasteiger partial charge < -0.3 is 4.74 Å². The number of ether oxygens (including phenoxy) is 1. The summed E-state index contributed by atoms with van der Waals surface area (Å²) in [6.45, 7) is -0.983. The van der Waals surface area contributed by atoms with Gasteiger partial charge in [-0.1, -0.05) is 15.9 Å². The number of nitrogens with zero attached hydrogens (tertiary/aromatic N) is 1. The zero-order chi connectivity index (χ0) is 14.9. The average Bonchev–Trinajstić information content (AvgIpc) is 2.35. The number of likely N-dealkylation sites (tertiary alicyclic amines) is 1. The lowest BCUT2D eigenvalue weighted by atomic mass is 10.1. The highest BCUT2D eigenvalue weighted by molar-refractivity contribution is 9.10. The highest BCUT2D eigenvalue weighted by Crippen LogP contribution is 2.36. The summed E-state index contributed by atoms with van der Waals surface area (Å²) in [6, 6.07) is 0.833. The van der Waals surface area contributed by atoms with Crippen LogP contribution in [-0.4, -0.2) is 36.4 Å². The van der Waals surface area contributed by atoms with E-state index in [4.69, 9.17) is 4.74 Å². The van der Waals surface area contributed by atoms with E-state index in [1.54, 1.807) is 0 Å². The van der Waals surface area contributed by atoms with E-state index in [1.807, 2.05) is 0 Å². The lowest BCUT2D eigenvalue weighted by Crippen LogP contribution is -2.56. The average molecular weight is 356 g/mol. The molecule has 0 aromatic heterocycles. The highest BCUT2D eigenvalue weighted by Gasteiger charge is 2.49. The van der Waals surface area contributed by atoms with Gasteiger partial charge in [-0.15, -0.1) is 0 Å². The zero-order valence-corrected chi connectivity index (χ0v) is 11.7. The van der Waals surface area contributed by atoms with E-state index in [1.165, 1.54) is 18.2 Å². The Morgan fingerprint density at radius 1 is 1.45 bits per heavy atom. The van der Waals surface area contributed by atoms with Crippen LogP contribution in [0.1, 0.15) is 16.8 Å². The van der Waals surface area contributed by atoms with Gasteiger partial charge in [0.2, 0.25) is 0 Å². The SMILES string of the molecule is O=C(c1ccc(Br)cc1OCC(F)F)N1CCC1(F)F. The number of carbonyl (C=O) groups is 1. The normalized spacial score (nSPS) is 17.0. The van der Waals surface area contributed by atoms with Crippen LogP contribution in [-0.2, 0) is 0 Å². The number of amides is 1. The molecule has 3 nitrogen and oxygen atoms in total. The van der Waals surface area contributed by atoms with Gasteiger partial charge in [-0.3, -0.25) is 9.69 Å². The summed E-state index contributed by atoms with van der Waals surface area (Å²) in [5.74, 6) is -1.08. The van der Waals surface area contributed by atoms with Crippen LogP contribution < -0.4 is 4.74 Å². The molecule has 1 aliphatic heterocycles. The third-order valence-corrected chi connectivity index (χ3v) is 3.31. The maximum absolute atomic E-state index is 13.2. The van der Waals surface area contributed by atoms with Crippen LogP contribution in [0.15, 0.2) is 22.7 Å². The quantitative estimate of drug-likeness (QED) is 0.610. The van der Waals surface area contributed by atoms with Crippen molar-refractivity contribution in [2.75, 3.05) is 13.2 Å². The summed E-state index contributed by atoms with van der Waals surface area (Å²) in [7, 11) is 0. The van der Waals surface area contributed by atoms with E-state index < -0.39 is 31.4 Å². The smallest absolute Gasteiger partial charge is 0.329 e. The monoisotopic (exact) mass is 355 g/mol. The standard InChI is InChI=1S/C12H10BrF4NO2/c13-7-1-2-8(9(5-7)20-6-10(14)15)11(19)18-4-3-12(18,16)17/h1-2,5,10H,3-4,6H2. The molecule has 1 saturated heterocycles. The molecule has 2 rings (SSSR count). The Labute approximate surface area is 120 Å². The largest absolute Gasteiger partial charge is 0.487 e. The van der Waals surface area contributed by atoms with Gasteiger partial charge >= 0.3 is 6.05 Å². The summed E-state index contributed by atoms with van der Waals surface area (Å²) in [6.07, 6.45) is -3.12. The number of hydrogen-bond donors (Lipinski definition) is 0. The van der Waals surface area contributed by atoms with E-state index in [2.05, 4.69) is 15.9 Å². The summed E-state index contributed by atoms with van der Waals surface area (Å²) in [4.78, 5) is 12.4. The molecule has 1 fully saturated rings. The summed E-state index contributed by atoms with van der Waals surface area (Å²) in [5, 5.41) is 0. The zero-order valence-electron chi connectivity index (χ0n) is 10.1. The van der Waals surface area contributed by atoms with E-state index in [-0.39, 0.29) is 17.9 Å². The minimum atomic E-state index is -3.19. The van der Waals surface area contributed by atoms with E-state index in [0.717, 1.165) is 0 Å². The topological polar surface area (TPSA) is 29.5 Å². The fraction of sp³-hybridized carbons (Fsp3) is 0.417. The number of hydrogen-bond acceptors (Lipinski definition) is 2. The van der Waals surface area contributed by atoms with E-state index in [9.17, 15) is 22.4 Å². The van der Waals surface area contributed by atoms with Crippen LogP contribution in [0.2, 0.25) is 0 Å². The van der Waals surface area contributed by atoms with Crippen LogP contribution in [0.25, 0.3) is 0 Å². The van der Waals surface area contributed by atoms with Crippen LogP contribution in [0.4, 0.5) is 17.6 Å². The molecule has 0 aliphatic carbocycles. The van der Waals surface area contributed by atoms with Crippen molar-refractivity contribution in [1.82, 2.24) is 4.90 Å². The van der Waals surface area contributed by atoms with Crippen molar-refractivity contribution in [3.8, 4) is 5.75 Å². The van der Waals surface area contributed by atoms with Crippen LogP contribution in [0, 0.1) is 0 Å². The molecule has 0 N–H and O–H groups in total. The lowest BCUT2D eigenvalue weighted by Gasteiger charge is -2.40. The summed E-state index contributed by atoms with van der Waals surface area (Å²) in [5.41, 5.74) is -0.159. The summed E-state index contributed by atoms with van der Waals surface area (Å²) >= 11 is 3.10. The van der Waals surface area contributed by atoms with Crippen molar-refractivity contribution in [2.45, 2.75) is 18.9 Å². The first-order valence-electron chi connectivity index (χ1n) is 5.71. The maximum atomic E-state index is 13.2. The van der Waals surface area contributed by atoms with Gasteiger partial charge in [-0.25, -0.2) is 8.78 Å². The predicted molar refractivity (Wildman–Crippen MR) is 66.2 cm³/mol. The Morgan fingerprint density at radius 3 is 2.65 bits per heavy atom. The Hall–Kier alpha value is -1.31. The van der Waals surface area contributed by atoms with Gasteiger partial charge in [0.1, 0.15) is 12.4 Å². The minimum absolute atomic E-state index is 0.0732. The molecule has 1 aliphatic rings. The number of rotatable bonds is 4. The van der Waals surface area contributed by atoms with Crippen molar-refractivity contribution >= 4 is 21.8 Å². The molecule has 0 unspecified atom stereocenters. The second-order valence-electron chi connectivity index (χ2n) is 4.22. The maximum Gasteiger partial charge on any atom is 0.329 e. The van der Waals surface area contributed by atoms with Gasteiger partial charge in [0.15, 0.2) is 0 Å². The van der Waals surface area contributed by atoms with Gasteiger partial charge in [-0.05, 0) is 18.2 Å². The van der Waals surface area contributed by atoms with Gasteiger partial charge in [0.25, 0.3) is 12.3 Å². The molecule has 0 saturated carbocycles. The van der Waals surface area contributed by atoms with E-state index in [0.29, 0.717) is 9.37 Å². The van der Waals surface area contributed by atoms with Gasteiger partial charge in [0.05, 0.1) is 5.56 Å². The van der Waals surface area contributed by atoms with Crippen molar-refractivity contribution in [3.05, 3.63) is 28.2 Å². The third-order valence-electron chi connectivity index (χ3n) is 2.82. The molecule has 1 heterocycles. The molecular weight excluding hydrogens is 346 g/mol. The van der Waals surface area contributed by atoms with Gasteiger partial charge in [-0.2, -0.15) is 8.78 Å². The Balaban J connectivity index is 2.24. The fourth-order valence-corrected chi connectivity index (χ4v) is 2.07. The molecule has 20 heavy (non-hydrogen) atoms. The third kappa shape index (κ3) is 3.05. The summed E-state index contributed by atoms with van der Waals surface area (Å²) < 4.78 is 56.0. The van der Waals surface area contributed by atoms with Crippen LogP contribution in [0.5, 0.6) is 5.75 Å². The molecule has 8 heteroatoms. The lowest BCUT2D eigenvalue weighted by molar-refractivity contribution is -0.189. The van der Waals surface area contributed by atoms with Crippen molar-refractivity contribution < 1.29 is 27.1 Å². The minimum Gasteiger partial charge on any atom is -0.487 e. The molecule has 0 atom stereocenters. The Morgan fingerprint density at radius 2 is 2.15 bits per heavy atom. The predicted octanol–water partition coefficient (Wildman–Crippen LogP) is 3.53. The van der Waals surface area contributed by atoms with E-state index >= 15 is 0 Å². The fourth-order valence-electron chi connectivity index (χ4n) is 1.73. The molecule has 0 spiro atoms. The van der Waals surface area contributed by atoms with Crippen LogP contribution in [0.3, 0.4) is 0 Å². The second-order valence-corrected chi connectivity index (χ2v) is 5.13. The molecule has 1 aromatic rings. The van der Waals surface area contributed by atoms with Gasteiger partial charge in [0, 0.05) is 17.4 Å². The first-order valence-corrected chi connectivity index (χ1v) is 6.51. The van der Waals surface area contributed by atoms with Crippen molar-refractivity contribution in [1.29, 1.82) is 0 Å². The first-order chi connectivity index (χ1) is 9.31. The van der Waals surface area contributed by atoms with Crippen LogP contribution >= 0.6 is 15.9 Å². The second kappa shape index (κ2) is 5.59. The number of alkyl halides is 4. The Kier molecular flexibility index (Phi) is 4.22. The number of halogens is 5. The Bertz CT molecular complexity index is 524. The number of benzene rings is 1.